The van der Waals surface area contributed by atoms with E-state index >= 15 is 0 Å². The van der Waals surface area contributed by atoms with Crippen LogP contribution in [0.3, 0.4) is 0 Å². The van der Waals surface area contributed by atoms with E-state index in [2.05, 4.69) is 36.5 Å². The van der Waals surface area contributed by atoms with Crippen LogP contribution in [-0.2, 0) is 6.42 Å². The fourth-order valence-electron chi connectivity index (χ4n) is 3.42. The van der Waals surface area contributed by atoms with Gasteiger partial charge in [0.25, 0.3) is 0 Å². The van der Waals surface area contributed by atoms with Crippen LogP contribution in [0.15, 0.2) is 24.3 Å². The Hall–Kier alpha value is -1.19. The van der Waals surface area contributed by atoms with Gasteiger partial charge in [-0.2, -0.15) is 0 Å². The van der Waals surface area contributed by atoms with E-state index in [4.69, 9.17) is 4.98 Å². The highest BCUT2D eigenvalue weighted by atomic mass is 32.1. The van der Waals surface area contributed by atoms with E-state index < -0.39 is 0 Å². The van der Waals surface area contributed by atoms with Gasteiger partial charge in [-0.25, -0.2) is 4.98 Å². The second-order valence-corrected chi connectivity index (χ2v) is 7.28. The third-order valence-electron chi connectivity index (χ3n) is 4.61. The number of hydrogen-bond acceptors (Lipinski definition) is 3. The Kier molecular flexibility index (Phi) is 3.56. The lowest BCUT2D eigenvalue weighted by Gasteiger charge is -2.21. The topological polar surface area (TPSA) is 24.9 Å². The molecule has 3 heteroatoms. The molecule has 1 saturated carbocycles. The molecular weight excluding hydrogens is 276 g/mol. The van der Waals surface area contributed by atoms with Crippen molar-refractivity contribution in [3.05, 3.63) is 40.4 Å². The molecule has 21 heavy (non-hydrogen) atoms. The summed E-state index contributed by atoms with van der Waals surface area (Å²) in [6.07, 6.45) is 6.43. The first kappa shape index (κ1) is 13.5. The number of aromatic nitrogens is 1. The van der Waals surface area contributed by atoms with Crippen LogP contribution in [0.5, 0.6) is 0 Å². The zero-order chi connectivity index (χ0) is 14.2. The van der Waals surface area contributed by atoms with Gasteiger partial charge in [0.05, 0.1) is 11.7 Å². The average molecular weight is 298 g/mol. The molecule has 0 spiro atoms. The number of fused-ring (bicyclic) bond motifs is 1. The molecule has 1 fully saturated rings. The number of rotatable bonds is 4. The van der Waals surface area contributed by atoms with Crippen molar-refractivity contribution in [3.8, 4) is 10.6 Å². The molecule has 2 aliphatic rings. The maximum absolute atomic E-state index is 5.05. The second kappa shape index (κ2) is 5.54. The summed E-state index contributed by atoms with van der Waals surface area (Å²) < 4.78 is 0. The molecule has 4 rings (SSSR count). The molecule has 0 saturated heterocycles. The minimum Gasteiger partial charge on any atom is -0.309 e. The number of thiazole rings is 1. The first-order valence-electron chi connectivity index (χ1n) is 8.19. The van der Waals surface area contributed by atoms with E-state index in [1.54, 1.807) is 0 Å². The molecule has 1 atom stereocenters. The van der Waals surface area contributed by atoms with E-state index in [0.29, 0.717) is 6.04 Å². The Labute approximate surface area is 130 Å². The van der Waals surface area contributed by atoms with Gasteiger partial charge in [-0.15, -0.1) is 11.3 Å². The van der Waals surface area contributed by atoms with Crippen LogP contribution in [0.25, 0.3) is 10.6 Å². The molecule has 1 unspecified atom stereocenters. The maximum Gasteiger partial charge on any atom is 0.124 e. The number of aryl methyl sites for hydroxylation is 1. The summed E-state index contributed by atoms with van der Waals surface area (Å²) in [6.45, 7) is 3.21. The number of benzene rings is 1. The molecule has 2 aliphatic carbocycles. The van der Waals surface area contributed by atoms with Gasteiger partial charge in [0.2, 0.25) is 0 Å². The summed E-state index contributed by atoms with van der Waals surface area (Å²) in [7, 11) is 0. The van der Waals surface area contributed by atoms with Gasteiger partial charge in [-0.3, -0.25) is 0 Å². The fourth-order valence-corrected chi connectivity index (χ4v) is 4.63. The van der Waals surface area contributed by atoms with E-state index in [1.165, 1.54) is 58.8 Å². The summed E-state index contributed by atoms with van der Waals surface area (Å²) in [4.78, 5) is 6.56. The number of hydrogen-bond donors (Lipinski definition) is 1. The molecule has 1 aromatic carbocycles. The molecule has 0 amide bonds. The molecule has 110 valence electrons. The van der Waals surface area contributed by atoms with Crippen LogP contribution >= 0.6 is 11.3 Å². The zero-order valence-electron chi connectivity index (χ0n) is 12.6. The lowest BCUT2D eigenvalue weighted by atomic mass is 9.97. The normalized spacial score (nSPS) is 21.3. The summed E-state index contributed by atoms with van der Waals surface area (Å²) in [5, 5.41) is 4.84. The quantitative estimate of drug-likeness (QED) is 0.887. The lowest BCUT2D eigenvalue weighted by Crippen LogP contribution is -2.24. The van der Waals surface area contributed by atoms with Crippen LogP contribution in [0.4, 0.5) is 0 Å². The zero-order valence-corrected chi connectivity index (χ0v) is 13.4. The Bertz CT molecular complexity index is 642. The summed E-state index contributed by atoms with van der Waals surface area (Å²) in [5.74, 6) is 0.784. The third-order valence-corrected chi connectivity index (χ3v) is 5.78. The summed E-state index contributed by atoms with van der Waals surface area (Å²) in [5.41, 5.74) is 4.23. The minimum atomic E-state index is 0.469. The van der Waals surface area contributed by atoms with Gasteiger partial charge in [0.1, 0.15) is 5.01 Å². The number of nitrogens with zero attached hydrogens (tertiary/aromatic N) is 1. The molecule has 2 nitrogen and oxygen atoms in total. The largest absolute Gasteiger partial charge is 0.309 e. The van der Waals surface area contributed by atoms with Crippen LogP contribution < -0.4 is 5.32 Å². The maximum atomic E-state index is 5.05. The van der Waals surface area contributed by atoms with Crippen molar-refractivity contribution >= 4 is 11.3 Å². The molecule has 1 aromatic heterocycles. The molecule has 1 N–H and O–H groups in total. The van der Waals surface area contributed by atoms with Crippen molar-refractivity contribution in [1.29, 1.82) is 0 Å². The standard InChI is InChI=1S/C18H22N2S/c1-2-19-15-8-5-9-16-17(15)20-18(21-16)14-7-4-3-6-13(14)12-10-11-12/h3-4,6-7,12,15,19H,2,5,8-11H2,1H3. The van der Waals surface area contributed by atoms with Crippen molar-refractivity contribution in [2.75, 3.05) is 6.54 Å². The van der Waals surface area contributed by atoms with Crippen molar-refractivity contribution in [3.63, 3.8) is 0 Å². The third kappa shape index (κ3) is 2.53. The van der Waals surface area contributed by atoms with Gasteiger partial charge in [0, 0.05) is 10.4 Å². The summed E-state index contributed by atoms with van der Waals surface area (Å²) >= 11 is 1.93. The highest BCUT2D eigenvalue weighted by Crippen LogP contribution is 2.46. The van der Waals surface area contributed by atoms with Gasteiger partial charge in [0.15, 0.2) is 0 Å². The number of nitrogens with one attached hydrogen (secondary N) is 1. The smallest absolute Gasteiger partial charge is 0.124 e. The Morgan fingerprint density at radius 3 is 2.90 bits per heavy atom. The first-order chi connectivity index (χ1) is 10.4. The van der Waals surface area contributed by atoms with Crippen molar-refractivity contribution in [2.24, 2.45) is 0 Å². The SMILES string of the molecule is CCNC1CCCc2sc(-c3ccccc3C3CC3)nc21. The highest BCUT2D eigenvalue weighted by molar-refractivity contribution is 7.15. The van der Waals surface area contributed by atoms with E-state index in [1.807, 2.05) is 11.3 Å². The van der Waals surface area contributed by atoms with Crippen LogP contribution in [0, 0.1) is 0 Å². The molecule has 0 bridgehead atoms. The molecule has 0 aliphatic heterocycles. The van der Waals surface area contributed by atoms with Gasteiger partial charge in [-0.1, -0.05) is 31.2 Å². The van der Waals surface area contributed by atoms with E-state index in [-0.39, 0.29) is 0 Å². The average Bonchev–Trinajstić information content (AvgIpc) is 3.27. The van der Waals surface area contributed by atoms with Crippen LogP contribution in [0.1, 0.15) is 60.7 Å². The van der Waals surface area contributed by atoms with E-state index in [9.17, 15) is 0 Å². The van der Waals surface area contributed by atoms with Crippen LogP contribution in [0.2, 0.25) is 0 Å². The first-order valence-corrected chi connectivity index (χ1v) is 9.00. The predicted molar refractivity (Wildman–Crippen MR) is 88.9 cm³/mol. The fraction of sp³-hybridized carbons (Fsp3) is 0.500. The molecule has 0 radical (unpaired) electrons. The highest BCUT2D eigenvalue weighted by Gasteiger charge is 2.29. The van der Waals surface area contributed by atoms with Crippen LogP contribution in [-0.4, -0.2) is 11.5 Å². The Morgan fingerprint density at radius 1 is 1.24 bits per heavy atom. The monoisotopic (exact) mass is 298 g/mol. The predicted octanol–water partition coefficient (Wildman–Crippen LogP) is 4.67. The Morgan fingerprint density at radius 2 is 2.10 bits per heavy atom. The minimum absolute atomic E-state index is 0.469. The van der Waals surface area contributed by atoms with Gasteiger partial charge < -0.3 is 5.32 Å². The van der Waals surface area contributed by atoms with Crippen molar-refractivity contribution in [1.82, 2.24) is 10.3 Å². The van der Waals surface area contributed by atoms with Crippen molar-refractivity contribution < 1.29 is 0 Å². The second-order valence-electron chi connectivity index (χ2n) is 6.19. The van der Waals surface area contributed by atoms with Gasteiger partial charge >= 0.3 is 0 Å². The van der Waals surface area contributed by atoms with Crippen molar-refractivity contribution in [2.45, 2.75) is 51.0 Å². The van der Waals surface area contributed by atoms with Gasteiger partial charge in [-0.05, 0) is 50.1 Å². The Balaban J connectivity index is 1.74. The van der Waals surface area contributed by atoms with E-state index in [0.717, 1.165) is 12.5 Å². The lowest BCUT2D eigenvalue weighted by molar-refractivity contribution is 0.465. The molecular formula is C18H22N2S. The molecule has 2 aromatic rings. The molecule has 1 heterocycles. The summed E-state index contributed by atoms with van der Waals surface area (Å²) in [6, 6.07) is 9.36.